The minimum atomic E-state index is -1.36. The maximum Gasteiger partial charge on any atom is 0.235 e. The number of alkyl halides is 1. The zero-order valence-corrected chi connectivity index (χ0v) is 16.5. The SMILES string of the molecule is CC(=O)[C@@H](C(=O)Nc1c(C)cccc1C)[C@@H]1C(=O)c2ccccc2C(=O)[C@H]1Cl. The monoisotopic (exact) mass is 397 g/mol. The lowest BCUT2D eigenvalue weighted by atomic mass is 9.73. The van der Waals surface area contributed by atoms with Crippen LogP contribution in [0.4, 0.5) is 5.69 Å². The van der Waals surface area contributed by atoms with Gasteiger partial charge < -0.3 is 5.32 Å². The Labute approximate surface area is 168 Å². The smallest absolute Gasteiger partial charge is 0.235 e. The van der Waals surface area contributed by atoms with Gasteiger partial charge in [-0.15, -0.1) is 11.6 Å². The van der Waals surface area contributed by atoms with Gasteiger partial charge in [-0.1, -0.05) is 42.5 Å². The van der Waals surface area contributed by atoms with Gasteiger partial charge in [0, 0.05) is 16.8 Å². The lowest BCUT2D eigenvalue weighted by Gasteiger charge is -2.31. The maximum absolute atomic E-state index is 13.0. The number of benzene rings is 2. The minimum Gasteiger partial charge on any atom is -0.325 e. The van der Waals surface area contributed by atoms with Crippen molar-refractivity contribution in [3.63, 3.8) is 0 Å². The van der Waals surface area contributed by atoms with E-state index in [2.05, 4.69) is 5.32 Å². The number of nitrogens with one attached hydrogen (secondary N) is 1. The molecule has 3 rings (SSSR count). The highest BCUT2D eigenvalue weighted by molar-refractivity contribution is 6.39. The fourth-order valence-electron chi connectivity index (χ4n) is 3.67. The average Bonchev–Trinajstić information content (AvgIpc) is 2.66. The second kappa shape index (κ2) is 7.68. The minimum absolute atomic E-state index is 0.195. The topological polar surface area (TPSA) is 80.3 Å². The number of fused-ring (bicyclic) bond motifs is 1. The highest BCUT2D eigenvalue weighted by atomic mass is 35.5. The van der Waals surface area contributed by atoms with Crippen LogP contribution in [-0.2, 0) is 9.59 Å². The van der Waals surface area contributed by atoms with Gasteiger partial charge in [-0.25, -0.2) is 0 Å². The van der Waals surface area contributed by atoms with Crippen molar-refractivity contribution < 1.29 is 19.2 Å². The van der Waals surface area contributed by atoms with Gasteiger partial charge >= 0.3 is 0 Å². The van der Waals surface area contributed by atoms with E-state index in [4.69, 9.17) is 11.6 Å². The number of anilines is 1. The summed E-state index contributed by atoms with van der Waals surface area (Å²) in [4.78, 5) is 51.1. The molecule has 1 amide bonds. The molecule has 0 aromatic heterocycles. The van der Waals surface area contributed by atoms with Crippen LogP contribution >= 0.6 is 11.6 Å². The average molecular weight is 398 g/mol. The van der Waals surface area contributed by atoms with Crippen LogP contribution in [0.3, 0.4) is 0 Å². The quantitative estimate of drug-likeness (QED) is 0.629. The Morgan fingerprint density at radius 2 is 1.46 bits per heavy atom. The van der Waals surface area contributed by atoms with E-state index >= 15 is 0 Å². The van der Waals surface area contributed by atoms with E-state index in [1.807, 2.05) is 32.0 Å². The van der Waals surface area contributed by atoms with E-state index in [0.717, 1.165) is 11.1 Å². The molecule has 144 valence electrons. The van der Waals surface area contributed by atoms with Gasteiger partial charge in [-0.2, -0.15) is 0 Å². The van der Waals surface area contributed by atoms with Crippen LogP contribution < -0.4 is 5.32 Å². The standard InChI is InChI=1S/C22H20ClNO4/c1-11-7-6-8-12(2)19(11)24-22(28)16(13(3)25)17-18(23)21(27)15-10-5-4-9-14(15)20(17)26/h4-10,16-18H,1-3H3,(H,24,28)/t16-,17+,18+/m1/s1. The summed E-state index contributed by atoms with van der Waals surface area (Å²) in [7, 11) is 0. The lowest BCUT2D eigenvalue weighted by molar-refractivity contribution is -0.131. The van der Waals surface area contributed by atoms with E-state index in [1.165, 1.54) is 19.1 Å². The third-order valence-electron chi connectivity index (χ3n) is 5.14. The van der Waals surface area contributed by atoms with E-state index in [9.17, 15) is 19.2 Å². The van der Waals surface area contributed by atoms with Gasteiger partial charge in [0.1, 0.15) is 17.1 Å². The molecule has 1 N–H and O–H groups in total. The molecule has 6 heteroatoms. The highest BCUT2D eigenvalue weighted by Gasteiger charge is 2.48. The van der Waals surface area contributed by atoms with E-state index in [0.29, 0.717) is 5.69 Å². The molecule has 0 fully saturated rings. The first kappa shape index (κ1) is 20.0. The van der Waals surface area contributed by atoms with Crippen LogP contribution in [0.2, 0.25) is 0 Å². The van der Waals surface area contributed by atoms with Crippen molar-refractivity contribution >= 4 is 40.5 Å². The lowest BCUT2D eigenvalue weighted by Crippen LogP contribution is -2.48. The third kappa shape index (κ3) is 3.38. The number of rotatable bonds is 4. The largest absolute Gasteiger partial charge is 0.325 e. The van der Waals surface area contributed by atoms with Crippen LogP contribution in [0.25, 0.3) is 0 Å². The Hall–Kier alpha value is -2.79. The molecule has 0 unspecified atom stereocenters. The van der Waals surface area contributed by atoms with Gasteiger partial charge in [-0.3, -0.25) is 19.2 Å². The van der Waals surface area contributed by atoms with Gasteiger partial charge in [0.15, 0.2) is 11.6 Å². The summed E-state index contributed by atoms with van der Waals surface area (Å²) in [6, 6.07) is 11.9. The molecule has 0 radical (unpaired) electrons. The van der Waals surface area contributed by atoms with Crippen molar-refractivity contribution in [3.8, 4) is 0 Å². The first-order valence-corrected chi connectivity index (χ1v) is 9.36. The number of carbonyl (C=O) groups excluding carboxylic acids is 4. The molecule has 0 aliphatic heterocycles. The van der Waals surface area contributed by atoms with Crippen LogP contribution in [0, 0.1) is 25.7 Å². The summed E-state index contributed by atoms with van der Waals surface area (Å²) in [6.45, 7) is 4.90. The van der Waals surface area contributed by atoms with Gasteiger partial charge in [-0.05, 0) is 31.9 Å². The molecule has 2 aromatic rings. The van der Waals surface area contributed by atoms with Crippen molar-refractivity contribution in [2.24, 2.45) is 11.8 Å². The number of hydrogen-bond acceptors (Lipinski definition) is 4. The first-order chi connectivity index (χ1) is 13.2. The number of para-hydroxylation sites is 1. The Bertz CT molecular complexity index is 978. The van der Waals surface area contributed by atoms with E-state index < -0.39 is 40.5 Å². The second-order valence-electron chi connectivity index (χ2n) is 7.05. The van der Waals surface area contributed by atoms with E-state index in [-0.39, 0.29) is 11.1 Å². The second-order valence-corrected chi connectivity index (χ2v) is 7.52. The van der Waals surface area contributed by atoms with Crippen molar-refractivity contribution in [3.05, 3.63) is 64.7 Å². The molecule has 2 aromatic carbocycles. The summed E-state index contributed by atoms with van der Waals surface area (Å²) >= 11 is 6.30. The fraction of sp³-hybridized carbons (Fsp3) is 0.273. The number of ketones is 3. The Balaban J connectivity index is 2.01. The van der Waals surface area contributed by atoms with Crippen LogP contribution in [0.15, 0.2) is 42.5 Å². The maximum atomic E-state index is 13.0. The molecule has 1 aliphatic rings. The van der Waals surface area contributed by atoms with Gasteiger partial charge in [0.25, 0.3) is 0 Å². The molecule has 0 heterocycles. The molecule has 0 spiro atoms. The molecule has 3 atom stereocenters. The van der Waals surface area contributed by atoms with Crippen molar-refractivity contribution in [2.75, 3.05) is 5.32 Å². The first-order valence-electron chi connectivity index (χ1n) is 8.93. The zero-order chi connectivity index (χ0) is 20.6. The summed E-state index contributed by atoms with van der Waals surface area (Å²) < 4.78 is 0. The molecular weight excluding hydrogens is 378 g/mol. The molecule has 0 bridgehead atoms. The van der Waals surface area contributed by atoms with Crippen molar-refractivity contribution in [2.45, 2.75) is 26.1 Å². The van der Waals surface area contributed by atoms with Crippen molar-refractivity contribution in [1.29, 1.82) is 0 Å². The number of amides is 1. The Morgan fingerprint density at radius 3 is 2.00 bits per heavy atom. The number of carbonyl (C=O) groups is 4. The normalized spacial score (nSPS) is 19.7. The van der Waals surface area contributed by atoms with Gasteiger partial charge in [0.2, 0.25) is 5.91 Å². The number of Topliss-reactive ketones (excluding diaryl/α,β-unsaturated/α-hetero) is 3. The molecule has 5 nitrogen and oxygen atoms in total. The summed E-state index contributed by atoms with van der Waals surface area (Å²) in [5.74, 6) is -4.67. The fourth-order valence-corrected chi connectivity index (χ4v) is 4.05. The van der Waals surface area contributed by atoms with Gasteiger partial charge in [0.05, 0.1) is 5.92 Å². The Kier molecular flexibility index (Phi) is 5.47. The predicted molar refractivity (Wildman–Crippen MR) is 107 cm³/mol. The van der Waals surface area contributed by atoms with Crippen LogP contribution in [-0.4, -0.2) is 28.6 Å². The molecule has 1 aliphatic carbocycles. The van der Waals surface area contributed by atoms with Crippen molar-refractivity contribution in [1.82, 2.24) is 0 Å². The summed E-state index contributed by atoms with van der Waals surface area (Å²) in [5.41, 5.74) is 2.66. The highest BCUT2D eigenvalue weighted by Crippen LogP contribution is 2.35. The molecular formula is C22H20ClNO4. The zero-order valence-electron chi connectivity index (χ0n) is 15.8. The molecule has 0 saturated carbocycles. The summed E-state index contributed by atoms with van der Waals surface area (Å²) in [5, 5.41) is 1.48. The third-order valence-corrected chi connectivity index (χ3v) is 5.61. The summed E-state index contributed by atoms with van der Waals surface area (Å²) in [6.07, 6.45) is 0. The number of hydrogen-bond donors (Lipinski definition) is 1. The Morgan fingerprint density at radius 1 is 0.929 bits per heavy atom. The molecule has 0 saturated heterocycles. The molecule has 28 heavy (non-hydrogen) atoms. The predicted octanol–water partition coefficient (Wildman–Crippen LogP) is 3.75. The van der Waals surface area contributed by atoms with E-state index in [1.54, 1.807) is 12.1 Å². The van der Waals surface area contributed by atoms with Crippen LogP contribution in [0.5, 0.6) is 0 Å². The number of halogens is 1. The number of aryl methyl sites for hydroxylation is 2. The van der Waals surface area contributed by atoms with Crippen LogP contribution in [0.1, 0.15) is 38.8 Å².